The van der Waals surface area contributed by atoms with Crippen LogP contribution in [0, 0.1) is 16.7 Å². The number of fused-ring (bicyclic) bond motifs is 2. The number of aldehydes is 1. The quantitative estimate of drug-likeness (QED) is 0.568. The molecule has 0 N–H and O–H groups in total. The second kappa shape index (κ2) is 3.44. The van der Waals surface area contributed by atoms with Crippen molar-refractivity contribution in [3.05, 3.63) is 0 Å². The lowest BCUT2D eigenvalue weighted by molar-refractivity contribution is -0.137. The van der Waals surface area contributed by atoms with Gasteiger partial charge in [-0.15, -0.1) is 0 Å². The number of carbonyl (C=O) groups is 1. The first-order chi connectivity index (χ1) is 7.58. The van der Waals surface area contributed by atoms with Crippen molar-refractivity contribution in [3.8, 4) is 0 Å². The molecule has 0 spiro atoms. The summed E-state index contributed by atoms with van der Waals surface area (Å²) in [7, 11) is -1.69. The fraction of sp³-hybridized carbons (Fsp3) is 0.929. The summed E-state index contributed by atoms with van der Waals surface area (Å²) in [5.74, 6) is 0.647. The Bertz CT molecular complexity index is 345. The third kappa shape index (κ3) is 1.58. The summed E-state index contributed by atoms with van der Waals surface area (Å²) in [6, 6.07) is 0. The van der Waals surface area contributed by atoms with Crippen LogP contribution in [0.2, 0.25) is 19.6 Å². The van der Waals surface area contributed by atoms with Crippen molar-refractivity contribution >= 4 is 14.6 Å². The predicted molar refractivity (Wildman–Crippen MR) is 72.5 cm³/mol. The van der Waals surface area contributed by atoms with Gasteiger partial charge in [0.05, 0.1) is 0 Å². The zero-order chi connectivity index (χ0) is 13.1. The van der Waals surface area contributed by atoms with Crippen molar-refractivity contribution in [3.63, 3.8) is 0 Å². The maximum absolute atomic E-state index is 11.8. The van der Waals surface area contributed by atoms with Crippen LogP contribution in [0.4, 0.5) is 0 Å². The van der Waals surface area contributed by atoms with Gasteiger partial charge in [-0.1, -0.05) is 20.8 Å². The van der Waals surface area contributed by atoms with Crippen LogP contribution in [0.5, 0.6) is 0 Å². The smallest absolute Gasteiger partial charge is 0.185 e. The monoisotopic (exact) mass is 254 g/mol. The average molecular weight is 254 g/mol. The standard InChI is InChI=1S/C14H26O2Si/c1-12(2)11-7-8-13(12,3)14(9-11,10-15)16-17(4,5)6/h10-11H,7-9H2,1-6H3/t11-,13-,14-/m1/s1. The van der Waals surface area contributed by atoms with Crippen LogP contribution in [0.3, 0.4) is 0 Å². The first-order valence-corrected chi connectivity index (χ1v) is 10.2. The van der Waals surface area contributed by atoms with Crippen molar-refractivity contribution in [2.45, 2.75) is 65.3 Å². The third-order valence-corrected chi connectivity index (χ3v) is 6.57. The van der Waals surface area contributed by atoms with Crippen molar-refractivity contribution in [2.24, 2.45) is 16.7 Å². The van der Waals surface area contributed by atoms with E-state index in [4.69, 9.17) is 4.43 Å². The van der Waals surface area contributed by atoms with Crippen LogP contribution in [-0.4, -0.2) is 20.2 Å². The summed E-state index contributed by atoms with van der Waals surface area (Å²) < 4.78 is 6.38. The largest absolute Gasteiger partial charge is 0.405 e. The minimum Gasteiger partial charge on any atom is -0.405 e. The second-order valence-corrected chi connectivity index (χ2v) is 12.1. The second-order valence-electron chi connectivity index (χ2n) is 7.72. The van der Waals surface area contributed by atoms with Crippen LogP contribution >= 0.6 is 0 Å². The zero-order valence-electron chi connectivity index (χ0n) is 12.1. The molecular weight excluding hydrogens is 228 g/mol. The third-order valence-electron chi connectivity index (χ3n) is 5.60. The van der Waals surface area contributed by atoms with E-state index < -0.39 is 13.9 Å². The molecule has 0 amide bonds. The fourth-order valence-electron chi connectivity index (χ4n) is 4.20. The van der Waals surface area contributed by atoms with Gasteiger partial charge in [-0.2, -0.15) is 0 Å². The molecule has 0 unspecified atom stereocenters. The van der Waals surface area contributed by atoms with Gasteiger partial charge in [0.2, 0.25) is 0 Å². The molecule has 17 heavy (non-hydrogen) atoms. The Labute approximate surface area is 106 Å². The molecule has 0 saturated heterocycles. The molecule has 0 heterocycles. The van der Waals surface area contributed by atoms with E-state index in [1.54, 1.807) is 0 Å². The molecule has 2 nitrogen and oxygen atoms in total. The first-order valence-electron chi connectivity index (χ1n) is 6.74. The Morgan fingerprint density at radius 1 is 1.24 bits per heavy atom. The van der Waals surface area contributed by atoms with Crippen molar-refractivity contribution in [1.82, 2.24) is 0 Å². The lowest BCUT2D eigenvalue weighted by Crippen LogP contribution is -2.55. The summed E-state index contributed by atoms with van der Waals surface area (Å²) in [5, 5.41) is 0. The molecule has 0 aromatic heterocycles. The van der Waals surface area contributed by atoms with Gasteiger partial charge in [-0.3, -0.25) is 0 Å². The van der Waals surface area contributed by atoms with E-state index >= 15 is 0 Å². The zero-order valence-corrected chi connectivity index (χ0v) is 13.1. The molecule has 0 aromatic rings. The highest BCUT2D eigenvalue weighted by molar-refractivity contribution is 6.70. The van der Waals surface area contributed by atoms with Gasteiger partial charge in [0.1, 0.15) is 5.60 Å². The summed E-state index contributed by atoms with van der Waals surface area (Å²) in [6.07, 6.45) is 4.46. The van der Waals surface area contributed by atoms with Gasteiger partial charge < -0.3 is 9.22 Å². The van der Waals surface area contributed by atoms with Crippen LogP contribution in [0.25, 0.3) is 0 Å². The molecule has 0 aliphatic heterocycles. The minimum absolute atomic E-state index is 0.0205. The summed E-state index contributed by atoms with van der Waals surface area (Å²) in [6.45, 7) is 13.5. The molecule has 0 aromatic carbocycles. The predicted octanol–water partition coefficient (Wildman–Crippen LogP) is 3.62. The van der Waals surface area contributed by atoms with E-state index in [1.165, 1.54) is 6.42 Å². The molecule has 0 radical (unpaired) electrons. The van der Waals surface area contributed by atoms with E-state index in [-0.39, 0.29) is 10.8 Å². The van der Waals surface area contributed by atoms with Gasteiger partial charge in [0.15, 0.2) is 14.6 Å². The summed E-state index contributed by atoms with van der Waals surface area (Å²) >= 11 is 0. The van der Waals surface area contributed by atoms with Gasteiger partial charge in [0.25, 0.3) is 0 Å². The molecule has 2 aliphatic rings. The average Bonchev–Trinajstić information content (AvgIpc) is 2.47. The highest BCUT2D eigenvalue weighted by Gasteiger charge is 2.70. The van der Waals surface area contributed by atoms with Crippen molar-refractivity contribution in [1.29, 1.82) is 0 Å². The topological polar surface area (TPSA) is 26.3 Å². The molecule has 2 bridgehead atoms. The van der Waals surface area contributed by atoms with Crippen LogP contribution in [0.1, 0.15) is 40.0 Å². The molecule has 3 atom stereocenters. The number of hydrogen-bond donors (Lipinski definition) is 0. The minimum atomic E-state index is -1.69. The Morgan fingerprint density at radius 3 is 2.12 bits per heavy atom. The van der Waals surface area contributed by atoms with Gasteiger partial charge in [0, 0.05) is 5.41 Å². The number of rotatable bonds is 3. The Hall–Kier alpha value is -0.153. The Balaban J connectivity index is 2.42. The lowest BCUT2D eigenvalue weighted by atomic mass is 9.65. The Kier molecular flexibility index (Phi) is 2.69. The molecule has 3 heteroatoms. The first kappa shape index (κ1) is 13.3. The Morgan fingerprint density at radius 2 is 1.82 bits per heavy atom. The number of hydrogen-bond acceptors (Lipinski definition) is 2. The van der Waals surface area contributed by atoms with E-state index in [0.717, 1.165) is 19.1 Å². The number of carbonyl (C=O) groups excluding carboxylic acids is 1. The summed E-state index contributed by atoms with van der Waals surface area (Å²) in [4.78, 5) is 11.8. The van der Waals surface area contributed by atoms with Crippen LogP contribution in [0.15, 0.2) is 0 Å². The maximum Gasteiger partial charge on any atom is 0.185 e. The fourth-order valence-corrected chi connectivity index (χ4v) is 5.65. The molecule has 2 fully saturated rings. The molecule has 98 valence electrons. The van der Waals surface area contributed by atoms with E-state index in [1.807, 2.05) is 0 Å². The van der Waals surface area contributed by atoms with E-state index in [0.29, 0.717) is 5.92 Å². The van der Waals surface area contributed by atoms with Gasteiger partial charge >= 0.3 is 0 Å². The molecule has 2 saturated carbocycles. The van der Waals surface area contributed by atoms with E-state index in [2.05, 4.69) is 40.4 Å². The lowest BCUT2D eigenvalue weighted by Gasteiger charge is -2.47. The van der Waals surface area contributed by atoms with Crippen LogP contribution < -0.4 is 0 Å². The van der Waals surface area contributed by atoms with Crippen LogP contribution in [-0.2, 0) is 9.22 Å². The summed E-state index contributed by atoms with van der Waals surface area (Å²) in [5.41, 5.74) is -0.260. The molecular formula is C14H26O2Si. The van der Waals surface area contributed by atoms with Gasteiger partial charge in [-0.05, 0) is 50.2 Å². The maximum atomic E-state index is 11.8. The van der Waals surface area contributed by atoms with Crippen molar-refractivity contribution in [2.75, 3.05) is 0 Å². The van der Waals surface area contributed by atoms with E-state index in [9.17, 15) is 4.79 Å². The molecule has 2 aliphatic carbocycles. The highest BCUT2D eigenvalue weighted by atomic mass is 28.4. The normalized spacial score (nSPS) is 44.0. The SMILES string of the molecule is CC1(C)[C@@H]2CC[C@@]1(C)[C@@](C=O)(O[Si](C)(C)C)C2. The van der Waals surface area contributed by atoms with Gasteiger partial charge in [-0.25, -0.2) is 0 Å². The molecule has 2 rings (SSSR count). The van der Waals surface area contributed by atoms with Crippen molar-refractivity contribution < 1.29 is 9.22 Å². The highest BCUT2D eigenvalue weighted by Crippen LogP contribution is 2.70.